The molecule has 1 atom stereocenters. The molecule has 0 unspecified atom stereocenters. The number of halogens is 1. The van der Waals surface area contributed by atoms with E-state index in [0.29, 0.717) is 0 Å². The van der Waals surface area contributed by atoms with Crippen LogP contribution in [0.5, 0.6) is 0 Å². The summed E-state index contributed by atoms with van der Waals surface area (Å²) in [5.74, 6) is 1.72. The third-order valence-electron chi connectivity index (χ3n) is 4.40. The van der Waals surface area contributed by atoms with Crippen LogP contribution in [0.2, 0.25) is 0 Å². The van der Waals surface area contributed by atoms with Gasteiger partial charge in [0.25, 0.3) is 5.91 Å². The van der Waals surface area contributed by atoms with Crippen molar-refractivity contribution in [2.24, 2.45) is 0 Å². The van der Waals surface area contributed by atoms with Crippen LogP contribution in [-0.4, -0.2) is 52.3 Å². The summed E-state index contributed by atoms with van der Waals surface area (Å²) in [5, 5.41) is 7.39. The topological polar surface area (TPSA) is 85.9 Å². The molecule has 7 nitrogen and oxygen atoms in total. The number of carbonyl (C=O) groups excluding carboxylic acids is 1. The maximum atomic E-state index is 12.5. The van der Waals surface area contributed by atoms with Crippen molar-refractivity contribution in [2.45, 2.75) is 19.4 Å². The minimum atomic E-state index is 0. The minimum absolute atomic E-state index is 0. The van der Waals surface area contributed by atoms with Gasteiger partial charge in [-0.25, -0.2) is 9.97 Å². The molecule has 1 fully saturated rings. The van der Waals surface area contributed by atoms with Crippen molar-refractivity contribution in [1.82, 2.24) is 25.6 Å². The van der Waals surface area contributed by atoms with Gasteiger partial charge < -0.3 is 20.5 Å². The van der Waals surface area contributed by atoms with Crippen LogP contribution >= 0.6 is 24.2 Å². The normalized spacial score (nSPS) is 20.3. The van der Waals surface area contributed by atoms with Crippen LogP contribution < -0.4 is 15.5 Å². The third kappa shape index (κ3) is 3.61. The van der Waals surface area contributed by atoms with Crippen LogP contribution in [0.15, 0.2) is 23.6 Å². The van der Waals surface area contributed by atoms with Crippen molar-refractivity contribution in [3.8, 4) is 0 Å². The predicted molar refractivity (Wildman–Crippen MR) is 103 cm³/mol. The molecule has 0 aliphatic carbocycles. The van der Waals surface area contributed by atoms with Crippen LogP contribution in [0.25, 0.3) is 11.0 Å². The number of nitrogens with zero attached hydrogens (tertiary/aromatic N) is 3. The lowest BCUT2D eigenvalue weighted by atomic mass is 10.2. The average molecular weight is 381 g/mol. The van der Waals surface area contributed by atoms with Crippen molar-refractivity contribution in [3.05, 3.63) is 29.2 Å². The van der Waals surface area contributed by atoms with E-state index in [9.17, 15) is 4.79 Å². The lowest BCUT2D eigenvalue weighted by Gasteiger charge is -2.26. The quantitative estimate of drug-likeness (QED) is 0.749. The van der Waals surface area contributed by atoms with Gasteiger partial charge in [-0.1, -0.05) is 0 Å². The van der Waals surface area contributed by atoms with Gasteiger partial charge in [0.05, 0.1) is 10.3 Å². The number of hydrogen-bond donors (Lipinski definition) is 3. The number of nitrogens with one attached hydrogen (secondary N) is 3. The maximum absolute atomic E-state index is 12.5. The number of hydrogen-bond acceptors (Lipinski definition) is 6. The Hall–Kier alpha value is -1.77. The Morgan fingerprint density at radius 3 is 3.12 bits per heavy atom. The molecule has 0 spiro atoms. The number of thioether (sulfide) groups is 1. The fourth-order valence-corrected chi connectivity index (χ4v) is 4.04. The molecule has 0 aromatic carbocycles. The summed E-state index contributed by atoms with van der Waals surface area (Å²) < 4.78 is 0. The molecule has 2 aliphatic heterocycles. The highest BCUT2D eigenvalue weighted by molar-refractivity contribution is 8.04. The van der Waals surface area contributed by atoms with Gasteiger partial charge in [-0.05, 0) is 25.5 Å². The zero-order valence-corrected chi connectivity index (χ0v) is 15.5. The molecule has 4 rings (SSSR count). The van der Waals surface area contributed by atoms with E-state index in [0.717, 1.165) is 59.1 Å². The van der Waals surface area contributed by atoms with E-state index in [2.05, 4.69) is 30.5 Å². The molecule has 0 saturated carbocycles. The van der Waals surface area contributed by atoms with Gasteiger partial charge in [0.1, 0.15) is 17.8 Å². The number of aryl methyl sites for hydroxylation is 1. The summed E-state index contributed by atoms with van der Waals surface area (Å²) in [5.41, 5.74) is 1.93. The zero-order valence-electron chi connectivity index (χ0n) is 13.9. The van der Waals surface area contributed by atoms with Crippen molar-refractivity contribution in [3.63, 3.8) is 0 Å². The van der Waals surface area contributed by atoms with Crippen LogP contribution in [-0.2, 0) is 4.79 Å². The Balaban J connectivity index is 0.00000182. The zero-order chi connectivity index (χ0) is 16.5. The van der Waals surface area contributed by atoms with Gasteiger partial charge in [0, 0.05) is 37.3 Å². The predicted octanol–water partition coefficient (Wildman–Crippen LogP) is 1.56. The molecule has 2 aromatic heterocycles. The summed E-state index contributed by atoms with van der Waals surface area (Å²) in [6, 6.07) is 0.229. The Morgan fingerprint density at radius 2 is 2.32 bits per heavy atom. The third-order valence-corrected chi connectivity index (χ3v) is 5.39. The minimum Gasteiger partial charge on any atom is -0.347 e. The van der Waals surface area contributed by atoms with Gasteiger partial charge in [-0.3, -0.25) is 4.79 Å². The van der Waals surface area contributed by atoms with Gasteiger partial charge in [-0.15, -0.1) is 24.2 Å². The molecule has 0 bridgehead atoms. The van der Waals surface area contributed by atoms with Crippen molar-refractivity contribution < 1.29 is 4.79 Å². The number of aromatic amines is 1. The fourth-order valence-electron chi connectivity index (χ4n) is 3.14. The van der Waals surface area contributed by atoms with E-state index in [1.165, 1.54) is 0 Å². The molecule has 4 heterocycles. The molecule has 9 heteroatoms. The summed E-state index contributed by atoms with van der Waals surface area (Å²) in [7, 11) is 0. The summed E-state index contributed by atoms with van der Waals surface area (Å²) in [6.45, 7) is 4.68. The number of anilines is 1. The van der Waals surface area contributed by atoms with Crippen LogP contribution in [0.3, 0.4) is 0 Å². The lowest BCUT2D eigenvalue weighted by Crippen LogP contribution is -2.38. The second-order valence-corrected chi connectivity index (χ2v) is 7.23. The molecule has 134 valence electrons. The average Bonchev–Trinajstić information content (AvgIpc) is 3.25. The molecule has 2 aliphatic rings. The Labute approximate surface area is 156 Å². The first kappa shape index (κ1) is 18.0. The number of aromatic nitrogens is 3. The molecule has 25 heavy (non-hydrogen) atoms. The first-order valence-electron chi connectivity index (χ1n) is 8.14. The van der Waals surface area contributed by atoms with Gasteiger partial charge >= 0.3 is 0 Å². The lowest BCUT2D eigenvalue weighted by molar-refractivity contribution is -0.117. The largest absolute Gasteiger partial charge is 0.347 e. The first-order chi connectivity index (χ1) is 11.7. The standard InChI is InChI=1S/C16H20N6OS.ClH/c1-10-6-18-14-13(10)15(20-9-19-14)22-4-5-24-12(8-22)16(23)21-11-2-3-17-7-11;/h6,8-9,11,17H,2-5,7H2,1H3,(H,21,23)(H,18,19,20);1H/t11-;/m0./s1. The van der Waals surface area contributed by atoms with E-state index < -0.39 is 0 Å². The summed E-state index contributed by atoms with van der Waals surface area (Å²) in [4.78, 5) is 27.2. The molecular formula is C16H21ClN6OS. The number of amides is 1. The second-order valence-electron chi connectivity index (χ2n) is 6.09. The second kappa shape index (κ2) is 7.63. The van der Waals surface area contributed by atoms with Gasteiger partial charge in [0.15, 0.2) is 0 Å². The molecular weight excluding hydrogens is 360 g/mol. The number of fused-ring (bicyclic) bond motifs is 1. The molecule has 1 saturated heterocycles. The molecule has 2 aromatic rings. The monoisotopic (exact) mass is 380 g/mol. The Bertz CT molecular complexity index is 801. The highest BCUT2D eigenvalue weighted by Crippen LogP contribution is 2.30. The van der Waals surface area contributed by atoms with Crippen molar-refractivity contribution in [1.29, 1.82) is 0 Å². The van der Waals surface area contributed by atoms with E-state index in [1.54, 1.807) is 18.1 Å². The van der Waals surface area contributed by atoms with Crippen molar-refractivity contribution >= 4 is 46.9 Å². The highest BCUT2D eigenvalue weighted by Gasteiger charge is 2.24. The SMILES string of the molecule is Cc1c[nH]c2ncnc(N3C=C(C(=O)N[C@H]4CCNC4)SCC3)c12.Cl. The van der Waals surface area contributed by atoms with Crippen LogP contribution in [0.4, 0.5) is 5.82 Å². The first-order valence-corrected chi connectivity index (χ1v) is 9.12. The molecule has 0 radical (unpaired) electrons. The number of H-pyrrole nitrogens is 1. The Morgan fingerprint density at radius 1 is 1.44 bits per heavy atom. The van der Waals surface area contributed by atoms with Gasteiger partial charge in [-0.2, -0.15) is 0 Å². The molecule has 3 N–H and O–H groups in total. The Kier molecular flexibility index (Phi) is 5.51. The van der Waals surface area contributed by atoms with Crippen molar-refractivity contribution in [2.75, 3.05) is 30.3 Å². The fraction of sp³-hybridized carbons (Fsp3) is 0.438. The van der Waals surface area contributed by atoms with E-state index in [1.807, 2.05) is 19.3 Å². The highest BCUT2D eigenvalue weighted by atomic mass is 35.5. The van der Waals surface area contributed by atoms with Crippen LogP contribution in [0, 0.1) is 6.92 Å². The van der Waals surface area contributed by atoms with Crippen LogP contribution in [0.1, 0.15) is 12.0 Å². The summed E-state index contributed by atoms with van der Waals surface area (Å²) >= 11 is 1.60. The van der Waals surface area contributed by atoms with E-state index >= 15 is 0 Å². The van der Waals surface area contributed by atoms with E-state index in [-0.39, 0.29) is 24.4 Å². The number of carbonyl (C=O) groups is 1. The van der Waals surface area contributed by atoms with Gasteiger partial charge in [0.2, 0.25) is 0 Å². The summed E-state index contributed by atoms with van der Waals surface area (Å²) in [6.07, 6.45) is 6.40. The smallest absolute Gasteiger partial charge is 0.259 e. The molecule has 1 amide bonds. The number of rotatable bonds is 3. The maximum Gasteiger partial charge on any atom is 0.259 e. The van der Waals surface area contributed by atoms with E-state index in [4.69, 9.17) is 0 Å².